The standard InChI is InChI=1S/C14H27N3O4/c1-9(2)16-14(19)15-7-12-13(18)11(8-21-12)17-10-3-5-20-6-4-10/h9-13,17-18H,3-8H2,1-2H3,(H2,15,16,19). The van der Waals surface area contributed by atoms with E-state index in [0.717, 1.165) is 26.1 Å². The van der Waals surface area contributed by atoms with Crippen molar-refractivity contribution in [2.75, 3.05) is 26.4 Å². The van der Waals surface area contributed by atoms with Gasteiger partial charge in [-0.1, -0.05) is 0 Å². The predicted octanol–water partition coefficient (Wildman–Crippen LogP) is -0.409. The van der Waals surface area contributed by atoms with Gasteiger partial charge in [0.25, 0.3) is 0 Å². The van der Waals surface area contributed by atoms with Crippen molar-refractivity contribution in [2.45, 2.75) is 57.0 Å². The van der Waals surface area contributed by atoms with Gasteiger partial charge in [0, 0.05) is 31.8 Å². The summed E-state index contributed by atoms with van der Waals surface area (Å²) < 4.78 is 10.9. The lowest BCUT2D eigenvalue weighted by Gasteiger charge is -2.27. The molecule has 2 fully saturated rings. The molecule has 2 saturated heterocycles. The van der Waals surface area contributed by atoms with E-state index >= 15 is 0 Å². The van der Waals surface area contributed by atoms with Crippen LogP contribution in [-0.2, 0) is 9.47 Å². The summed E-state index contributed by atoms with van der Waals surface area (Å²) in [6.07, 6.45) is 0.957. The summed E-state index contributed by atoms with van der Waals surface area (Å²) in [7, 11) is 0. The van der Waals surface area contributed by atoms with Crippen LogP contribution in [-0.4, -0.2) is 67.8 Å². The zero-order valence-electron chi connectivity index (χ0n) is 12.8. The maximum Gasteiger partial charge on any atom is 0.315 e. The molecule has 0 aliphatic carbocycles. The number of rotatable bonds is 5. The Hall–Kier alpha value is -0.890. The molecule has 0 aromatic carbocycles. The normalized spacial score (nSPS) is 30.6. The molecule has 2 aliphatic rings. The summed E-state index contributed by atoms with van der Waals surface area (Å²) in [6.45, 7) is 6.11. The molecule has 7 heteroatoms. The number of aliphatic hydroxyl groups is 1. The highest BCUT2D eigenvalue weighted by atomic mass is 16.5. The van der Waals surface area contributed by atoms with Crippen LogP contribution in [0, 0.1) is 0 Å². The second-order valence-corrected chi connectivity index (χ2v) is 6.03. The molecule has 7 nitrogen and oxygen atoms in total. The van der Waals surface area contributed by atoms with Crippen LogP contribution in [0.5, 0.6) is 0 Å². The molecule has 0 saturated carbocycles. The Labute approximate surface area is 125 Å². The lowest BCUT2D eigenvalue weighted by molar-refractivity contribution is 0.0399. The van der Waals surface area contributed by atoms with Crippen molar-refractivity contribution in [1.82, 2.24) is 16.0 Å². The molecular formula is C14H27N3O4. The number of ether oxygens (including phenoxy) is 2. The number of nitrogens with one attached hydrogen (secondary N) is 3. The van der Waals surface area contributed by atoms with Gasteiger partial charge < -0.3 is 30.5 Å². The minimum Gasteiger partial charge on any atom is -0.389 e. The van der Waals surface area contributed by atoms with E-state index in [9.17, 15) is 9.90 Å². The molecule has 122 valence electrons. The van der Waals surface area contributed by atoms with Gasteiger partial charge in [0.05, 0.1) is 18.8 Å². The van der Waals surface area contributed by atoms with Crippen molar-refractivity contribution in [2.24, 2.45) is 0 Å². The van der Waals surface area contributed by atoms with Crippen molar-refractivity contribution in [1.29, 1.82) is 0 Å². The molecule has 2 aliphatic heterocycles. The van der Waals surface area contributed by atoms with Gasteiger partial charge in [0.2, 0.25) is 0 Å². The maximum atomic E-state index is 11.5. The van der Waals surface area contributed by atoms with Crippen LogP contribution in [0.25, 0.3) is 0 Å². The molecule has 2 amide bonds. The minimum absolute atomic E-state index is 0.0759. The van der Waals surface area contributed by atoms with Crippen molar-refractivity contribution in [3.63, 3.8) is 0 Å². The van der Waals surface area contributed by atoms with Gasteiger partial charge >= 0.3 is 6.03 Å². The molecule has 4 N–H and O–H groups in total. The maximum absolute atomic E-state index is 11.5. The fourth-order valence-electron chi connectivity index (χ4n) is 2.68. The smallest absolute Gasteiger partial charge is 0.315 e. The van der Waals surface area contributed by atoms with Crippen molar-refractivity contribution >= 4 is 6.03 Å². The van der Waals surface area contributed by atoms with Crippen LogP contribution in [0.1, 0.15) is 26.7 Å². The number of amides is 2. The highest BCUT2D eigenvalue weighted by Crippen LogP contribution is 2.16. The number of urea groups is 1. The Bertz CT molecular complexity index is 334. The zero-order valence-corrected chi connectivity index (χ0v) is 12.8. The number of aliphatic hydroxyl groups excluding tert-OH is 1. The van der Waals surface area contributed by atoms with Gasteiger partial charge in [-0.25, -0.2) is 4.79 Å². The van der Waals surface area contributed by atoms with Crippen LogP contribution in [0.4, 0.5) is 4.79 Å². The van der Waals surface area contributed by atoms with Gasteiger partial charge in [0.15, 0.2) is 0 Å². The topological polar surface area (TPSA) is 91.9 Å². The van der Waals surface area contributed by atoms with E-state index in [1.807, 2.05) is 13.8 Å². The Morgan fingerprint density at radius 2 is 2.05 bits per heavy atom. The molecule has 21 heavy (non-hydrogen) atoms. The fraction of sp³-hybridized carbons (Fsp3) is 0.929. The SMILES string of the molecule is CC(C)NC(=O)NCC1OCC(NC2CCOCC2)C1O. The molecule has 2 heterocycles. The van der Waals surface area contributed by atoms with E-state index in [4.69, 9.17) is 9.47 Å². The lowest BCUT2D eigenvalue weighted by Crippen LogP contribution is -2.50. The van der Waals surface area contributed by atoms with Gasteiger partial charge in [-0.2, -0.15) is 0 Å². The van der Waals surface area contributed by atoms with Gasteiger partial charge in [-0.05, 0) is 26.7 Å². The number of carbonyl (C=O) groups is 1. The van der Waals surface area contributed by atoms with Gasteiger partial charge in [-0.15, -0.1) is 0 Å². The summed E-state index contributed by atoms with van der Waals surface area (Å²) >= 11 is 0. The van der Waals surface area contributed by atoms with Crippen LogP contribution in [0.3, 0.4) is 0 Å². The monoisotopic (exact) mass is 301 g/mol. The Morgan fingerprint density at radius 1 is 1.33 bits per heavy atom. The first-order chi connectivity index (χ1) is 10.1. The fourth-order valence-corrected chi connectivity index (χ4v) is 2.68. The summed E-state index contributed by atoms with van der Waals surface area (Å²) in [4.78, 5) is 11.5. The summed E-state index contributed by atoms with van der Waals surface area (Å²) in [5.41, 5.74) is 0. The minimum atomic E-state index is -0.604. The first kappa shape index (κ1) is 16.5. The van der Waals surface area contributed by atoms with E-state index in [2.05, 4.69) is 16.0 Å². The highest BCUT2D eigenvalue weighted by Gasteiger charge is 2.37. The summed E-state index contributed by atoms with van der Waals surface area (Å²) in [6, 6.07) is 0.148. The third-order valence-electron chi connectivity index (χ3n) is 3.84. The average molecular weight is 301 g/mol. The second kappa shape index (κ2) is 7.93. The molecule has 2 rings (SSSR count). The zero-order chi connectivity index (χ0) is 15.2. The summed E-state index contributed by atoms with van der Waals surface area (Å²) in [5.74, 6) is 0. The molecule has 0 bridgehead atoms. The van der Waals surface area contributed by atoms with Crippen LogP contribution in [0.2, 0.25) is 0 Å². The lowest BCUT2D eigenvalue weighted by atomic mass is 10.0. The van der Waals surface area contributed by atoms with E-state index in [-0.39, 0.29) is 24.2 Å². The number of hydrogen-bond acceptors (Lipinski definition) is 5. The van der Waals surface area contributed by atoms with Crippen molar-refractivity contribution < 1.29 is 19.4 Å². The third-order valence-corrected chi connectivity index (χ3v) is 3.84. The first-order valence-corrected chi connectivity index (χ1v) is 7.74. The Kier molecular flexibility index (Phi) is 6.22. The Balaban J connectivity index is 1.70. The average Bonchev–Trinajstić information content (AvgIpc) is 2.78. The third kappa shape index (κ3) is 5.10. The molecule has 3 atom stereocenters. The molecule has 3 unspecified atom stereocenters. The predicted molar refractivity (Wildman–Crippen MR) is 78.2 cm³/mol. The molecule has 0 radical (unpaired) electrons. The first-order valence-electron chi connectivity index (χ1n) is 7.74. The highest BCUT2D eigenvalue weighted by molar-refractivity contribution is 5.74. The van der Waals surface area contributed by atoms with E-state index in [1.165, 1.54) is 0 Å². The van der Waals surface area contributed by atoms with E-state index < -0.39 is 6.10 Å². The molecule has 0 spiro atoms. The largest absolute Gasteiger partial charge is 0.389 e. The van der Waals surface area contributed by atoms with Gasteiger partial charge in [0.1, 0.15) is 6.10 Å². The van der Waals surface area contributed by atoms with E-state index in [0.29, 0.717) is 19.2 Å². The quantitative estimate of drug-likeness (QED) is 0.554. The van der Waals surface area contributed by atoms with E-state index in [1.54, 1.807) is 0 Å². The van der Waals surface area contributed by atoms with Crippen LogP contribution >= 0.6 is 0 Å². The Morgan fingerprint density at radius 3 is 2.71 bits per heavy atom. The molecule has 0 aromatic rings. The van der Waals surface area contributed by atoms with Crippen LogP contribution < -0.4 is 16.0 Å². The molecular weight excluding hydrogens is 274 g/mol. The van der Waals surface area contributed by atoms with Crippen molar-refractivity contribution in [3.05, 3.63) is 0 Å². The number of carbonyl (C=O) groups excluding carboxylic acids is 1. The van der Waals surface area contributed by atoms with Crippen molar-refractivity contribution in [3.8, 4) is 0 Å². The van der Waals surface area contributed by atoms with Crippen LogP contribution in [0.15, 0.2) is 0 Å². The molecule has 0 aromatic heterocycles. The summed E-state index contributed by atoms with van der Waals surface area (Å²) in [5, 5.41) is 19.2. The number of hydrogen-bond donors (Lipinski definition) is 4. The van der Waals surface area contributed by atoms with Gasteiger partial charge in [-0.3, -0.25) is 0 Å². The second-order valence-electron chi connectivity index (χ2n) is 6.03.